The van der Waals surface area contributed by atoms with E-state index in [0.29, 0.717) is 55.7 Å². The van der Waals surface area contributed by atoms with Crippen LogP contribution in [0.4, 0.5) is 5.82 Å². The molecule has 2 aromatic rings. The summed E-state index contributed by atoms with van der Waals surface area (Å²) < 4.78 is 0. The van der Waals surface area contributed by atoms with Gasteiger partial charge in [0.15, 0.2) is 0 Å². The summed E-state index contributed by atoms with van der Waals surface area (Å²) >= 11 is 5.87. The average molecular weight is 388 g/mol. The van der Waals surface area contributed by atoms with Crippen LogP contribution < -0.4 is 10.2 Å². The van der Waals surface area contributed by atoms with Crippen molar-refractivity contribution in [2.45, 2.75) is 13.3 Å². The van der Waals surface area contributed by atoms with Crippen LogP contribution >= 0.6 is 11.6 Å². The third kappa shape index (κ3) is 5.17. The van der Waals surface area contributed by atoms with Gasteiger partial charge >= 0.3 is 0 Å². The molecule has 2 heterocycles. The quantitative estimate of drug-likeness (QED) is 0.845. The van der Waals surface area contributed by atoms with E-state index in [9.17, 15) is 9.59 Å². The smallest absolute Gasteiger partial charge is 0.270 e. The predicted molar refractivity (Wildman–Crippen MR) is 104 cm³/mol. The monoisotopic (exact) mass is 387 g/mol. The summed E-state index contributed by atoms with van der Waals surface area (Å²) in [5.41, 5.74) is 1.44. The van der Waals surface area contributed by atoms with E-state index in [0.717, 1.165) is 5.56 Å². The van der Waals surface area contributed by atoms with Crippen LogP contribution in [0.2, 0.25) is 5.02 Å². The average Bonchev–Trinajstić information content (AvgIpc) is 2.69. The van der Waals surface area contributed by atoms with Gasteiger partial charge in [-0.25, -0.2) is 9.97 Å². The van der Waals surface area contributed by atoms with Crippen LogP contribution in [0.5, 0.6) is 0 Å². The van der Waals surface area contributed by atoms with Crippen molar-refractivity contribution >= 4 is 29.2 Å². The fourth-order valence-electron chi connectivity index (χ4n) is 2.96. The Morgan fingerprint density at radius 2 is 1.81 bits per heavy atom. The lowest BCUT2D eigenvalue weighted by molar-refractivity contribution is -0.129. The maximum atomic E-state index is 12.4. The standard InChI is InChI=1S/C19H22ClN5O2/c1-14(26)24-8-10-25(11-9-24)18-12-17(22-13-23-18)19(27)21-7-6-15-2-4-16(20)5-3-15/h2-5,12-13H,6-11H2,1H3,(H,21,27). The molecule has 1 aromatic carbocycles. The van der Waals surface area contributed by atoms with Crippen molar-refractivity contribution in [2.75, 3.05) is 37.6 Å². The molecule has 0 atom stereocenters. The van der Waals surface area contributed by atoms with E-state index in [-0.39, 0.29) is 11.8 Å². The first-order valence-electron chi connectivity index (χ1n) is 8.88. The van der Waals surface area contributed by atoms with E-state index in [1.165, 1.54) is 6.33 Å². The zero-order chi connectivity index (χ0) is 19.2. The number of rotatable bonds is 5. The molecule has 0 bridgehead atoms. The number of benzene rings is 1. The van der Waals surface area contributed by atoms with Gasteiger partial charge in [0.25, 0.3) is 5.91 Å². The van der Waals surface area contributed by atoms with Crippen LogP contribution in [-0.2, 0) is 11.2 Å². The van der Waals surface area contributed by atoms with Gasteiger partial charge in [0.1, 0.15) is 17.8 Å². The summed E-state index contributed by atoms with van der Waals surface area (Å²) in [5.74, 6) is 0.559. The first-order valence-corrected chi connectivity index (χ1v) is 9.26. The summed E-state index contributed by atoms with van der Waals surface area (Å²) in [7, 11) is 0. The van der Waals surface area contributed by atoms with Crippen LogP contribution in [-0.4, -0.2) is 59.4 Å². The van der Waals surface area contributed by atoms with E-state index in [2.05, 4.69) is 20.2 Å². The molecule has 1 aliphatic heterocycles. The summed E-state index contributed by atoms with van der Waals surface area (Å²) in [4.78, 5) is 36.0. The topological polar surface area (TPSA) is 78.4 Å². The normalized spacial score (nSPS) is 14.1. The molecule has 3 rings (SSSR count). The molecular formula is C19H22ClN5O2. The molecule has 27 heavy (non-hydrogen) atoms. The summed E-state index contributed by atoms with van der Waals surface area (Å²) in [6, 6.07) is 9.25. The Balaban J connectivity index is 1.54. The number of piperazine rings is 1. The van der Waals surface area contributed by atoms with E-state index >= 15 is 0 Å². The van der Waals surface area contributed by atoms with Crippen LogP contribution in [0.25, 0.3) is 0 Å². The first kappa shape index (κ1) is 19.1. The molecule has 1 aliphatic rings. The van der Waals surface area contributed by atoms with Crippen molar-refractivity contribution in [3.05, 3.63) is 52.9 Å². The van der Waals surface area contributed by atoms with Crippen molar-refractivity contribution in [1.82, 2.24) is 20.2 Å². The Bertz CT molecular complexity index is 804. The van der Waals surface area contributed by atoms with Gasteiger partial charge in [-0.3, -0.25) is 9.59 Å². The van der Waals surface area contributed by atoms with Crippen LogP contribution in [0.1, 0.15) is 23.0 Å². The Labute approximate surface area is 163 Å². The van der Waals surface area contributed by atoms with Gasteiger partial charge in [-0.05, 0) is 24.1 Å². The number of halogens is 1. The molecule has 0 saturated carbocycles. The van der Waals surface area contributed by atoms with Gasteiger partial charge in [-0.15, -0.1) is 0 Å². The fraction of sp³-hybridized carbons (Fsp3) is 0.368. The summed E-state index contributed by atoms with van der Waals surface area (Å²) in [6.45, 7) is 4.77. The number of nitrogens with one attached hydrogen (secondary N) is 1. The van der Waals surface area contributed by atoms with Gasteiger partial charge in [-0.2, -0.15) is 0 Å². The van der Waals surface area contributed by atoms with Gasteiger partial charge in [0.05, 0.1) is 0 Å². The highest BCUT2D eigenvalue weighted by atomic mass is 35.5. The number of nitrogens with zero attached hydrogens (tertiary/aromatic N) is 4. The second-order valence-corrected chi connectivity index (χ2v) is 6.82. The van der Waals surface area contributed by atoms with E-state index in [4.69, 9.17) is 11.6 Å². The van der Waals surface area contributed by atoms with Crippen molar-refractivity contribution < 1.29 is 9.59 Å². The highest BCUT2D eigenvalue weighted by Gasteiger charge is 2.20. The maximum Gasteiger partial charge on any atom is 0.270 e. The summed E-state index contributed by atoms with van der Waals surface area (Å²) in [6.07, 6.45) is 2.12. The maximum absolute atomic E-state index is 12.4. The molecule has 0 unspecified atom stereocenters. The molecule has 1 saturated heterocycles. The Morgan fingerprint density at radius 3 is 2.48 bits per heavy atom. The lowest BCUT2D eigenvalue weighted by atomic mass is 10.1. The predicted octanol–water partition coefficient (Wildman–Crippen LogP) is 1.77. The number of anilines is 1. The molecule has 1 fully saturated rings. The number of hydrogen-bond acceptors (Lipinski definition) is 5. The Hall–Kier alpha value is -2.67. The van der Waals surface area contributed by atoms with Crippen LogP contribution in [0, 0.1) is 0 Å². The summed E-state index contributed by atoms with van der Waals surface area (Å²) in [5, 5.41) is 3.58. The van der Waals surface area contributed by atoms with Crippen LogP contribution in [0.15, 0.2) is 36.7 Å². The first-order chi connectivity index (χ1) is 13.0. The number of carbonyl (C=O) groups is 2. The minimum Gasteiger partial charge on any atom is -0.353 e. The van der Waals surface area contributed by atoms with E-state index in [1.807, 2.05) is 29.2 Å². The molecular weight excluding hydrogens is 366 g/mol. The zero-order valence-corrected chi connectivity index (χ0v) is 15.9. The second kappa shape index (κ2) is 8.81. The molecule has 8 heteroatoms. The van der Waals surface area contributed by atoms with E-state index < -0.39 is 0 Å². The SMILES string of the molecule is CC(=O)N1CCN(c2cc(C(=O)NCCc3ccc(Cl)cc3)ncn2)CC1. The van der Waals surface area contributed by atoms with Crippen molar-refractivity contribution in [1.29, 1.82) is 0 Å². The van der Waals surface area contributed by atoms with Gasteiger partial charge in [-0.1, -0.05) is 23.7 Å². The molecule has 2 amide bonds. The number of aromatic nitrogens is 2. The van der Waals surface area contributed by atoms with Crippen molar-refractivity contribution in [3.63, 3.8) is 0 Å². The third-order valence-electron chi connectivity index (χ3n) is 4.55. The van der Waals surface area contributed by atoms with Crippen molar-refractivity contribution in [2.24, 2.45) is 0 Å². The Kier molecular flexibility index (Phi) is 6.24. The second-order valence-electron chi connectivity index (χ2n) is 6.39. The molecule has 1 aromatic heterocycles. The lowest BCUT2D eigenvalue weighted by Crippen LogP contribution is -2.48. The lowest BCUT2D eigenvalue weighted by Gasteiger charge is -2.34. The molecule has 0 radical (unpaired) electrons. The molecule has 142 valence electrons. The van der Waals surface area contributed by atoms with Crippen molar-refractivity contribution in [3.8, 4) is 0 Å². The Morgan fingerprint density at radius 1 is 1.11 bits per heavy atom. The highest BCUT2D eigenvalue weighted by molar-refractivity contribution is 6.30. The number of hydrogen-bond donors (Lipinski definition) is 1. The minimum absolute atomic E-state index is 0.0816. The van der Waals surface area contributed by atoms with Gasteiger partial charge in [0, 0.05) is 50.7 Å². The minimum atomic E-state index is -0.227. The molecule has 0 aliphatic carbocycles. The molecule has 0 spiro atoms. The third-order valence-corrected chi connectivity index (χ3v) is 4.80. The number of carbonyl (C=O) groups excluding carboxylic acids is 2. The fourth-order valence-corrected chi connectivity index (χ4v) is 3.08. The number of amides is 2. The molecule has 7 nitrogen and oxygen atoms in total. The highest BCUT2D eigenvalue weighted by Crippen LogP contribution is 2.14. The zero-order valence-electron chi connectivity index (χ0n) is 15.2. The largest absolute Gasteiger partial charge is 0.353 e. The van der Waals surface area contributed by atoms with Crippen LogP contribution in [0.3, 0.4) is 0 Å². The molecule has 1 N–H and O–H groups in total. The van der Waals surface area contributed by atoms with Gasteiger partial charge < -0.3 is 15.1 Å². The van der Waals surface area contributed by atoms with Gasteiger partial charge in [0.2, 0.25) is 5.91 Å². The van der Waals surface area contributed by atoms with E-state index in [1.54, 1.807) is 13.0 Å².